The van der Waals surface area contributed by atoms with Crippen LogP contribution >= 0.6 is 0 Å². The second-order valence-corrected chi connectivity index (χ2v) is 5.57. The molecule has 8 heteroatoms. The van der Waals surface area contributed by atoms with Gasteiger partial charge in [-0.2, -0.15) is 5.10 Å². The lowest BCUT2D eigenvalue weighted by atomic mass is 10.1. The minimum Gasteiger partial charge on any atom is -0.366 e. The van der Waals surface area contributed by atoms with Crippen molar-refractivity contribution in [3.05, 3.63) is 53.9 Å². The maximum atomic E-state index is 11.9. The number of amides is 2. The fourth-order valence-corrected chi connectivity index (χ4v) is 2.79. The second-order valence-electron chi connectivity index (χ2n) is 5.57. The third-order valence-electron chi connectivity index (χ3n) is 3.97. The number of primary amides is 1. The van der Waals surface area contributed by atoms with Crippen LogP contribution in [0.15, 0.2) is 42.6 Å². The maximum absolute atomic E-state index is 11.9. The molecule has 0 saturated carbocycles. The predicted octanol–water partition coefficient (Wildman–Crippen LogP) is 0.849. The van der Waals surface area contributed by atoms with Gasteiger partial charge in [0.15, 0.2) is 5.82 Å². The van der Waals surface area contributed by atoms with Crippen molar-refractivity contribution in [3.8, 4) is 22.8 Å². The maximum Gasteiger partial charge on any atom is 0.269 e. The number of rotatable bonds is 3. The van der Waals surface area contributed by atoms with Crippen LogP contribution in [0.1, 0.15) is 20.8 Å². The van der Waals surface area contributed by atoms with E-state index in [4.69, 9.17) is 5.73 Å². The highest BCUT2D eigenvalue weighted by Crippen LogP contribution is 2.23. The molecule has 0 spiro atoms. The Kier molecular flexibility index (Phi) is 3.50. The van der Waals surface area contributed by atoms with Crippen molar-refractivity contribution in [3.63, 3.8) is 0 Å². The first-order valence-corrected chi connectivity index (χ1v) is 7.72. The summed E-state index contributed by atoms with van der Waals surface area (Å²) in [6, 6.07) is 10.3. The Morgan fingerprint density at radius 3 is 2.84 bits per heavy atom. The molecule has 0 bridgehead atoms. The van der Waals surface area contributed by atoms with Crippen LogP contribution in [-0.4, -0.2) is 38.1 Å². The first-order valence-electron chi connectivity index (χ1n) is 7.72. The van der Waals surface area contributed by atoms with Gasteiger partial charge in [0.25, 0.3) is 5.91 Å². The normalized spacial score (nSPS) is 13.2. The van der Waals surface area contributed by atoms with E-state index in [9.17, 15) is 9.59 Å². The number of hydrogen-bond acceptors (Lipinski definition) is 5. The standard InChI is InChI=1S/C17H14N6O2/c18-15(24)10-3-1-2-4-11(10)16-19-6-5-12(21-16)13-9-14-17(25)20-7-8-23(14)22-13/h1-6,9H,7-8H2,(H2,18,24)(H,20,25). The van der Waals surface area contributed by atoms with Gasteiger partial charge in [-0.3, -0.25) is 14.3 Å². The lowest BCUT2D eigenvalue weighted by molar-refractivity contribution is 0.0923. The van der Waals surface area contributed by atoms with Crippen LogP contribution in [-0.2, 0) is 6.54 Å². The van der Waals surface area contributed by atoms with Crippen molar-refractivity contribution in [2.45, 2.75) is 6.54 Å². The molecule has 2 aromatic heterocycles. The van der Waals surface area contributed by atoms with Crippen molar-refractivity contribution in [2.24, 2.45) is 5.73 Å². The zero-order valence-corrected chi connectivity index (χ0v) is 13.1. The van der Waals surface area contributed by atoms with E-state index in [1.807, 2.05) is 0 Å². The summed E-state index contributed by atoms with van der Waals surface area (Å²) < 4.78 is 1.66. The molecule has 1 aliphatic rings. The quantitative estimate of drug-likeness (QED) is 0.736. The van der Waals surface area contributed by atoms with E-state index in [2.05, 4.69) is 20.4 Å². The van der Waals surface area contributed by atoms with Gasteiger partial charge in [0, 0.05) is 18.3 Å². The number of benzene rings is 1. The minimum absolute atomic E-state index is 0.154. The molecule has 0 unspecified atom stereocenters. The Balaban J connectivity index is 1.79. The molecule has 3 heterocycles. The van der Waals surface area contributed by atoms with Crippen LogP contribution in [0, 0.1) is 0 Å². The first-order chi connectivity index (χ1) is 12.1. The molecule has 0 atom stereocenters. The Bertz CT molecular complexity index is 994. The number of nitrogens with zero attached hydrogens (tertiary/aromatic N) is 4. The molecule has 0 radical (unpaired) electrons. The summed E-state index contributed by atoms with van der Waals surface area (Å²) in [7, 11) is 0. The van der Waals surface area contributed by atoms with Gasteiger partial charge in [-0.1, -0.05) is 18.2 Å². The summed E-state index contributed by atoms with van der Waals surface area (Å²) in [5.74, 6) is -0.320. The van der Waals surface area contributed by atoms with Crippen LogP contribution in [0.3, 0.4) is 0 Å². The first kappa shape index (κ1) is 15.0. The van der Waals surface area contributed by atoms with Gasteiger partial charge in [0.1, 0.15) is 11.4 Å². The Labute approximate surface area is 142 Å². The third kappa shape index (κ3) is 2.63. The van der Waals surface area contributed by atoms with Crippen LogP contribution < -0.4 is 11.1 Å². The van der Waals surface area contributed by atoms with E-state index in [0.717, 1.165) is 0 Å². The predicted molar refractivity (Wildman–Crippen MR) is 89.5 cm³/mol. The third-order valence-corrected chi connectivity index (χ3v) is 3.97. The van der Waals surface area contributed by atoms with E-state index in [1.165, 1.54) is 0 Å². The smallest absolute Gasteiger partial charge is 0.269 e. The lowest BCUT2D eigenvalue weighted by Crippen LogP contribution is -2.35. The summed E-state index contributed by atoms with van der Waals surface area (Å²) in [5, 5.41) is 7.21. The van der Waals surface area contributed by atoms with Gasteiger partial charge in [0.05, 0.1) is 17.8 Å². The van der Waals surface area contributed by atoms with Gasteiger partial charge in [-0.25, -0.2) is 9.97 Å². The molecule has 4 rings (SSSR count). The highest BCUT2D eigenvalue weighted by Gasteiger charge is 2.21. The molecule has 3 aromatic rings. The number of aromatic nitrogens is 4. The van der Waals surface area contributed by atoms with Crippen LogP contribution in [0.25, 0.3) is 22.8 Å². The highest BCUT2D eigenvalue weighted by molar-refractivity contribution is 5.99. The molecule has 124 valence electrons. The molecular weight excluding hydrogens is 320 g/mol. The second kappa shape index (κ2) is 5.82. The average Bonchev–Trinajstić information content (AvgIpc) is 3.08. The lowest BCUT2D eigenvalue weighted by Gasteiger charge is -2.13. The van der Waals surface area contributed by atoms with Crippen molar-refractivity contribution in [1.29, 1.82) is 0 Å². The molecular formula is C17H14N6O2. The fourth-order valence-electron chi connectivity index (χ4n) is 2.79. The Morgan fingerprint density at radius 1 is 1.20 bits per heavy atom. The number of hydrogen-bond donors (Lipinski definition) is 2. The molecule has 2 amide bonds. The molecule has 1 aromatic carbocycles. The van der Waals surface area contributed by atoms with Gasteiger partial charge >= 0.3 is 0 Å². The molecule has 0 aliphatic carbocycles. The number of nitrogens with one attached hydrogen (secondary N) is 1. The largest absolute Gasteiger partial charge is 0.366 e. The van der Waals surface area contributed by atoms with E-state index < -0.39 is 5.91 Å². The van der Waals surface area contributed by atoms with Crippen LogP contribution in [0.5, 0.6) is 0 Å². The number of carbonyl (C=O) groups is 2. The Morgan fingerprint density at radius 2 is 2.04 bits per heavy atom. The fraction of sp³-hybridized carbons (Fsp3) is 0.118. The molecule has 3 N–H and O–H groups in total. The minimum atomic E-state index is -0.543. The topological polar surface area (TPSA) is 116 Å². The number of carbonyl (C=O) groups excluding carboxylic acids is 2. The summed E-state index contributed by atoms with van der Waals surface area (Å²) >= 11 is 0. The van der Waals surface area contributed by atoms with E-state index in [0.29, 0.717) is 47.1 Å². The van der Waals surface area contributed by atoms with Crippen molar-refractivity contribution < 1.29 is 9.59 Å². The summed E-state index contributed by atoms with van der Waals surface area (Å²) in [5.41, 5.74) is 7.98. The van der Waals surface area contributed by atoms with E-state index in [-0.39, 0.29) is 5.91 Å². The van der Waals surface area contributed by atoms with Crippen molar-refractivity contribution >= 4 is 11.8 Å². The van der Waals surface area contributed by atoms with Crippen molar-refractivity contribution in [2.75, 3.05) is 6.54 Å². The van der Waals surface area contributed by atoms with E-state index >= 15 is 0 Å². The van der Waals surface area contributed by atoms with Gasteiger partial charge < -0.3 is 11.1 Å². The van der Waals surface area contributed by atoms with Gasteiger partial charge in [-0.15, -0.1) is 0 Å². The molecule has 8 nitrogen and oxygen atoms in total. The SMILES string of the molecule is NC(=O)c1ccccc1-c1nccc(-c2cc3n(n2)CCNC3=O)n1. The highest BCUT2D eigenvalue weighted by atomic mass is 16.2. The summed E-state index contributed by atoms with van der Waals surface area (Å²) in [6.45, 7) is 1.16. The van der Waals surface area contributed by atoms with Crippen LogP contribution in [0.2, 0.25) is 0 Å². The molecule has 0 fully saturated rings. The number of fused-ring (bicyclic) bond motifs is 1. The van der Waals surface area contributed by atoms with Crippen LogP contribution in [0.4, 0.5) is 0 Å². The summed E-state index contributed by atoms with van der Waals surface area (Å²) in [4.78, 5) is 32.2. The molecule has 0 saturated heterocycles. The summed E-state index contributed by atoms with van der Waals surface area (Å²) in [6.07, 6.45) is 1.59. The number of nitrogens with two attached hydrogens (primary N) is 1. The molecule has 25 heavy (non-hydrogen) atoms. The van der Waals surface area contributed by atoms with E-state index in [1.54, 1.807) is 47.3 Å². The Hall–Kier alpha value is -3.55. The average molecular weight is 334 g/mol. The molecule has 1 aliphatic heterocycles. The van der Waals surface area contributed by atoms with Crippen molar-refractivity contribution in [1.82, 2.24) is 25.1 Å². The monoisotopic (exact) mass is 334 g/mol. The van der Waals surface area contributed by atoms with Gasteiger partial charge in [0.2, 0.25) is 5.91 Å². The van der Waals surface area contributed by atoms with Gasteiger partial charge in [-0.05, 0) is 18.2 Å². The zero-order chi connectivity index (χ0) is 17.4. The zero-order valence-electron chi connectivity index (χ0n) is 13.1.